The lowest BCUT2D eigenvalue weighted by Crippen LogP contribution is -2.43. The van der Waals surface area contributed by atoms with Crippen molar-refractivity contribution in [2.75, 3.05) is 19.6 Å². The number of rotatable bonds is 6. The fourth-order valence-corrected chi connectivity index (χ4v) is 3.75. The van der Waals surface area contributed by atoms with Gasteiger partial charge in [-0.05, 0) is 49.5 Å². The van der Waals surface area contributed by atoms with Crippen molar-refractivity contribution >= 4 is 23.2 Å². The molecule has 1 aliphatic heterocycles. The standard InChI is InChI=1S/C20H24Cl2N2/c21-19-8-4-7-17(20(19)22)15-24(18-9-12-23-13-10-18)14-11-16-5-2-1-3-6-16/h1-8,18,23H,9-15H2. The van der Waals surface area contributed by atoms with Gasteiger partial charge in [0.25, 0.3) is 0 Å². The molecule has 2 aromatic rings. The molecule has 1 saturated heterocycles. The van der Waals surface area contributed by atoms with Crippen LogP contribution in [0.1, 0.15) is 24.0 Å². The maximum atomic E-state index is 6.42. The van der Waals surface area contributed by atoms with Crippen molar-refractivity contribution in [2.24, 2.45) is 0 Å². The summed E-state index contributed by atoms with van der Waals surface area (Å²) in [4.78, 5) is 2.57. The third kappa shape index (κ3) is 4.73. The molecule has 0 radical (unpaired) electrons. The molecule has 1 aliphatic rings. The Morgan fingerprint density at radius 3 is 2.46 bits per heavy atom. The van der Waals surface area contributed by atoms with Crippen LogP contribution in [0.2, 0.25) is 10.0 Å². The summed E-state index contributed by atoms with van der Waals surface area (Å²) in [5.41, 5.74) is 2.50. The number of nitrogens with one attached hydrogen (secondary N) is 1. The molecule has 2 nitrogen and oxygen atoms in total. The molecule has 2 aromatic carbocycles. The van der Waals surface area contributed by atoms with Gasteiger partial charge < -0.3 is 5.32 Å². The molecule has 0 saturated carbocycles. The zero-order chi connectivity index (χ0) is 16.8. The van der Waals surface area contributed by atoms with Crippen molar-refractivity contribution in [1.82, 2.24) is 10.2 Å². The Morgan fingerprint density at radius 2 is 1.71 bits per heavy atom. The number of hydrogen-bond acceptors (Lipinski definition) is 2. The first-order chi connectivity index (χ1) is 11.7. The molecule has 0 amide bonds. The highest BCUT2D eigenvalue weighted by Crippen LogP contribution is 2.28. The summed E-state index contributed by atoms with van der Waals surface area (Å²) in [6.45, 7) is 4.08. The van der Waals surface area contributed by atoms with Crippen LogP contribution >= 0.6 is 23.2 Å². The van der Waals surface area contributed by atoms with Gasteiger partial charge in [-0.1, -0.05) is 65.7 Å². The van der Waals surface area contributed by atoms with E-state index >= 15 is 0 Å². The summed E-state index contributed by atoms with van der Waals surface area (Å²) in [5, 5.41) is 4.79. The molecule has 3 rings (SSSR count). The molecule has 0 bridgehead atoms. The number of benzene rings is 2. The first kappa shape index (κ1) is 17.8. The third-order valence-corrected chi connectivity index (χ3v) is 5.62. The summed E-state index contributed by atoms with van der Waals surface area (Å²) in [6, 6.07) is 17.2. The van der Waals surface area contributed by atoms with Crippen molar-refractivity contribution < 1.29 is 0 Å². The summed E-state index contributed by atoms with van der Waals surface area (Å²) in [5.74, 6) is 0. The Hall–Kier alpha value is -1.06. The second-order valence-corrected chi connectivity index (χ2v) is 7.19. The average molecular weight is 363 g/mol. The van der Waals surface area contributed by atoms with Crippen LogP contribution in [0.15, 0.2) is 48.5 Å². The Morgan fingerprint density at radius 1 is 0.958 bits per heavy atom. The lowest BCUT2D eigenvalue weighted by molar-refractivity contribution is 0.156. The normalized spacial score (nSPS) is 15.8. The van der Waals surface area contributed by atoms with E-state index in [0.717, 1.165) is 38.2 Å². The Bertz CT molecular complexity index is 639. The minimum atomic E-state index is 0.602. The minimum absolute atomic E-state index is 0.602. The second-order valence-electron chi connectivity index (χ2n) is 6.40. The topological polar surface area (TPSA) is 15.3 Å². The quantitative estimate of drug-likeness (QED) is 0.794. The van der Waals surface area contributed by atoms with Crippen molar-refractivity contribution in [1.29, 1.82) is 0 Å². The molecule has 0 aromatic heterocycles. The van der Waals surface area contributed by atoms with Gasteiger partial charge in [0.15, 0.2) is 0 Å². The Balaban J connectivity index is 1.72. The van der Waals surface area contributed by atoms with Crippen LogP contribution in [0.25, 0.3) is 0 Å². The van der Waals surface area contributed by atoms with Gasteiger partial charge in [0, 0.05) is 19.1 Å². The molecule has 0 aliphatic carbocycles. The number of halogens is 2. The van der Waals surface area contributed by atoms with E-state index in [-0.39, 0.29) is 0 Å². The first-order valence-electron chi connectivity index (χ1n) is 8.65. The zero-order valence-corrected chi connectivity index (χ0v) is 15.4. The molecule has 4 heteroatoms. The zero-order valence-electron chi connectivity index (χ0n) is 13.8. The van der Waals surface area contributed by atoms with Gasteiger partial charge in [-0.3, -0.25) is 4.90 Å². The van der Waals surface area contributed by atoms with E-state index in [1.54, 1.807) is 0 Å². The van der Waals surface area contributed by atoms with E-state index in [1.807, 2.05) is 12.1 Å². The second kappa shape index (κ2) is 8.87. The van der Waals surface area contributed by atoms with Crippen LogP contribution in [0.3, 0.4) is 0 Å². The fraction of sp³-hybridized carbons (Fsp3) is 0.400. The third-order valence-electron chi connectivity index (χ3n) is 4.76. The van der Waals surface area contributed by atoms with Gasteiger partial charge >= 0.3 is 0 Å². The predicted octanol–water partition coefficient (Wildman–Crippen LogP) is 4.79. The van der Waals surface area contributed by atoms with E-state index in [4.69, 9.17) is 23.2 Å². The summed E-state index contributed by atoms with van der Waals surface area (Å²) in [6.07, 6.45) is 3.43. The maximum absolute atomic E-state index is 6.42. The van der Waals surface area contributed by atoms with Crippen LogP contribution in [0.5, 0.6) is 0 Å². The van der Waals surface area contributed by atoms with E-state index in [2.05, 4.69) is 46.6 Å². The van der Waals surface area contributed by atoms with E-state index in [0.29, 0.717) is 16.1 Å². The van der Waals surface area contributed by atoms with Crippen molar-refractivity contribution in [2.45, 2.75) is 31.8 Å². The predicted molar refractivity (Wildman–Crippen MR) is 103 cm³/mol. The Labute approximate surface area is 154 Å². The minimum Gasteiger partial charge on any atom is -0.317 e. The fourth-order valence-electron chi connectivity index (χ4n) is 3.37. The molecule has 24 heavy (non-hydrogen) atoms. The molecule has 1 N–H and O–H groups in total. The summed E-state index contributed by atoms with van der Waals surface area (Å²) < 4.78 is 0. The van der Waals surface area contributed by atoms with Crippen LogP contribution in [-0.4, -0.2) is 30.6 Å². The van der Waals surface area contributed by atoms with Gasteiger partial charge in [-0.25, -0.2) is 0 Å². The van der Waals surface area contributed by atoms with Crippen LogP contribution in [0, 0.1) is 0 Å². The van der Waals surface area contributed by atoms with Gasteiger partial charge in [0.1, 0.15) is 0 Å². The lowest BCUT2D eigenvalue weighted by atomic mass is 10.0. The van der Waals surface area contributed by atoms with Gasteiger partial charge in [-0.15, -0.1) is 0 Å². The highest BCUT2D eigenvalue weighted by Gasteiger charge is 2.22. The van der Waals surface area contributed by atoms with Gasteiger partial charge in [0.05, 0.1) is 10.0 Å². The van der Waals surface area contributed by atoms with Crippen LogP contribution < -0.4 is 5.32 Å². The molecule has 0 atom stereocenters. The smallest absolute Gasteiger partial charge is 0.0637 e. The molecule has 0 unspecified atom stereocenters. The van der Waals surface area contributed by atoms with E-state index in [1.165, 1.54) is 18.4 Å². The summed E-state index contributed by atoms with van der Waals surface area (Å²) in [7, 11) is 0. The monoisotopic (exact) mass is 362 g/mol. The van der Waals surface area contributed by atoms with E-state index < -0.39 is 0 Å². The van der Waals surface area contributed by atoms with E-state index in [9.17, 15) is 0 Å². The molecular formula is C20H24Cl2N2. The highest BCUT2D eigenvalue weighted by molar-refractivity contribution is 6.42. The number of piperidine rings is 1. The molecule has 128 valence electrons. The molecular weight excluding hydrogens is 339 g/mol. The average Bonchev–Trinajstić information content (AvgIpc) is 2.63. The largest absolute Gasteiger partial charge is 0.317 e. The van der Waals surface area contributed by atoms with Crippen LogP contribution in [0.4, 0.5) is 0 Å². The van der Waals surface area contributed by atoms with Crippen molar-refractivity contribution in [3.63, 3.8) is 0 Å². The Kier molecular flexibility index (Phi) is 6.56. The molecule has 1 fully saturated rings. The highest BCUT2D eigenvalue weighted by atomic mass is 35.5. The number of hydrogen-bond donors (Lipinski definition) is 1. The SMILES string of the molecule is Clc1cccc(CN(CCc2ccccc2)C2CCNCC2)c1Cl. The first-order valence-corrected chi connectivity index (χ1v) is 9.41. The van der Waals surface area contributed by atoms with Crippen LogP contribution in [-0.2, 0) is 13.0 Å². The lowest BCUT2D eigenvalue weighted by Gasteiger charge is -2.35. The van der Waals surface area contributed by atoms with Gasteiger partial charge in [-0.2, -0.15) is 0 Å². The van der Waals surface area contributed by atoms with Gasteiger partial charge in [0.2, 0.25) is 0 Å². The molecule has 1 heterocycles. The van der Waals surface area contributed by atoms with Crippen molar-refractivity contribution in [3.05, 3.63) is 69.7 Å². The summed E-state index contributed by atoms with van der Waals surface area (Å²) >= 11 is 12.6. The number of nitrogens with zero attached hydrogens (tertiary/aromatic N) is 1. The maximum Gasteiger partial charge on any atom is 0.0637 e. The van der Waals surface area contributed by atoms with Crippen molar-refractivity contribution in [3.8, 4) is 0 Å². The molecule has 0 spiro atoms.